The number of rotatable bonds is 4. The zero-order chi connectivity index (χ0) is 13.0. The molecule has 1 aliphatic heterocycles. The lowest BCUT2D eigenvalue weighted by Crippen LogP contribution is -2.30. The van der Waals surface area contributed by atoms with E-state index in [0.29, 0.717) is 0 Å². The van der Waals surface area contributed by atoms with E-state index in [9.17, 15) is 0 Å². The van der Waals surface area contributed by atoms with Gasteiger partial charge in [0.2, 0.25) is 0 Å². The third kappa shape index (κ3) is 3.67. The van der Waals surface area contributed by atoms with Crippen molar-refractivity contribution in [1.29, 1.82) is 0 Å². The van der Waals surface area contributed by atoms with Crippen LogP contribution >= 0.6 is 0 Å². The lowest BCUT2D eigenvalue weighted by atomic mass is 9.94. The fraction of sp³-hybridized carbons (Fsp3) is 0.714. The van der Waals surface area contributed by atoms with Crippen LogP contribution in [0.4, 0.5) is 5.82 Å². The van der Waals surface area contributed by atoms with E-state index in [-0.39, 0.29) is 0 Å². The van der Waals surface area contributed by atoms with E-state index >= 15 is 0 Å². The minimum Gasteiger partial charge on any atom is -0.369 e. The summed E-state index contributed by atoms with van der Waals surface area (Å²) in [6.07, 6.45) is 5.72. The van der Waals surface area contributed by atoms with Gasteiger partial charge in [-0.1, -0.05) is 0 Å². The molecule has 0 aromatic carbocycles. The number of piperidine rings is 1. The van der Waals surface area contributed by atoms with Crippen LogP contribution < -0.4 is 5.32 Å². The summed E-state index contributed by atoms with van der Waals surface area (Å²) in [5, 5.41) is 3.43. The Labute approximate surface area is 110 Å². The average Bonchev–Trinajstić information content (AvgIpc) is 2.36. The number of likely N-dealkylation sites (tertiary alicyclic amines) is 1. The quantitative estimate of drug-likeness (QED) is 0.887. The number of hydrogen-bond acceptors (Lipinski definition) is 4. The first-order valence-corrected chi connectivity index (χ1v) is 6.88. The van der Waals surface area contributed by atoms with Gasteiger partial charge in [0.1, 0.15) is 5.82 Å². The van der Waals surface area contributed by atoms with Gasteiger partial charge in [0.15, 0.2) is 0 Å². The third-order valence-electron chi connectivity index (χ3n) is 3.76. The summed E-state index contributed by atoms with van der Waals surface area (Å²) in [6, 6.07) is 0. The number of nitrogens with zero attached hydrogens (tertiary/aromatic N) is 3. The number of aromatic nitrogens is 2. The first-order valence-electron chi connectivity index (χ1n) is 6.88. The highest BCUT2D eigenvalue weighted by molar-refractivity contribution is 5.39. The Kier molecular flexibility index (Phi) is 4.53. The van der Waals surface area contributed by atoms with Crippen molar-refractivity contribution < 1.29 is 0 Å². The fourth-order valence-corrected chi connectivity index (χ4v) is 2.45. The summed E-state index contributed by atoms with van der Waals surface area (Å²) < 4.78 is 0. The molecule has 0 bridgehead atoms. The number of hydrogen-bond donors (Lipinski definition) is 1. The van der Waals surface area contributed by atoms with E-state index in [0.717, 1.165) is 29.7 Å². The van der Waals surface area contributed by atoms with E-state index in [1.165, 1.54) is 32.4 Å². The van der Waals surface area contributed by atoms with Gasteiger partial charge in [-0.3, -0.25) is 4.98 Å². The van der Waals surface area contributed by atoms with Gasteiger partial charge in [0.25, 0.3) is 0 Å². The molecule has 1 aromatic rings. The Morgan fingerprint density at radius 2 is 2.06 bits per heavy atom. The normalized spacial score (nSPS) is 17.9. The summed E-state index contributed by atoms with van der Waals surface area (Å²) in [5.74, 6) is 1.81. The maximum absolute atomic E-state index is 4.49. The van der Waals surface area contributed by atoms with E-state index in [4.69, 9.17) is 0 Å². The predicted octanol–water partition coefficient (Wildman–Crippen LogP) is 2.24. The smallest absolute Gasteiger partial charge is 0.147 e. The second-order valence-electron chi connectivity index (χ2n) is 5.41. The summed E-state index contributed by atoms with van der Waals surface area (Å²) in [5.41, 5.74) is 1.96. The Hall–Kier alpha value is -1.16. The van der Waals surface area contributed by atoms with Crippen LogP contribution in [0.1, 0.15) is 30.7 Å². The van der Waals surface area contributed by atoms with Crippen molar-refractivity contribution >= 4 is 5.82 Å². The molecule has 4 nitrogen and oxygen atoms in total. The molecule has 0 spiro atoms. The molecule has 1 N–H and O–H groups in total. The van der Waals surface area contributed by atoms with E-state index in [1.807, 2.05) is 20.0 Å². The molecule has 4 heteroatoms. The standard InChI is InChI=1S/C14H24N4/c1-11-10-16-12(2)14(17-11)15-7-4-13-5-8-18(3)9-6-13/h10,13H,4-9H2,1-3H3,(H,15,17). The third-order valence-corrected chi connectivity index (χ3v) is 3.76. The highest BCUT2D eigenvalue weighted by atomic mass is 15.1. The largest absolute Gasteiger partial charge is 0.369 e. The molecule has 100 valence electrons. The van der Waals surface area contributed by atoms with Crippen molar-refractivity contribution in [3.05, 3.63) is 17.6 Å². The van der Waals surface area contributed by atoms with Crippen LogP contribution in [0, 0.1) is 19.8 Å². The minimum atomic E-state index is 0.867. The van der Waals surface area contributed by atoms with Crippen molar-refractivity contribution in [2.45, 2.75) is 33.1 Å². The first kappa shape index (κ1) is 13.3. The van der Waals surface area contributed by atoms with Gasteiger partial charge in [-0.2, -0.15) is 0 Å². The van der Waals surface area contributed by atoms with Crippen LogP contribution in [0.2, 0.25) is 0 Å². The Morgan fingerprint density at radius 3 is 2.78 bits per heavy atom. The predicted molar refractivity (Wildman–Crippen MR) is 74.8 cm³/mol. The van der Waals surface area contributed by atoms with E-state index < -0.39 is 0 Å². The van der Waals surface area contributed by atoms with Gasteiger partial charge < -0.3 is 10.2 Å². The molecule has 2 rings (SSSR count). The topological polar surface area (TPSA) is 41.1 Å². The summed E-state index contributed by atoms with van der Waals surface area (Å²) in [7, 11) is 2.21. The van der Waals surface area contributed by atoms with Crippen LogP contribution in [0.3, 0.4) is 0 Å². The van der Waals surface area contributed by atoms with Crippen LogP contribution in [-0.2, 0) is 0 Å². The molecule has 0 unspecified atom stereocenters. The molecule has 0 amide bonds. The number of aryl methyl sites for hydroxylation is 2. The first-order chi connectivity index (χ1) is 8.65. The van der Waals surface area contributed by atoms with Crippen LogP contribution in [0.5, 0.6) is 0 Å². The highest BCUT2D eigenvalue weighted by Gasteiger charge is 2.16. The average molecular weight is 248 g/mol. The van der Waals surface area contributed by atoms with E-state index in [1.54, 1.807) is 0 Å². The monoisotopic (exact) mass is 248 g/mol. The molecular weight excluding hydrogens is 224 g/mol. The second kappa shape index (κ2) is 6.14. The van der Waals surface area contributed by atoms with Crippen molar-refractivity contribution in [2.24, 2.45) is 5.92 Å². The Balaban J connectivity index is 1.76. The molecule has 0 aliphatic carbocycles. The lowest BCUT2D eigenvalue weighted by Gasteiger charge is -2.28. The van der Waals surface area contributed by atoms with Gasteiger partial charge in [-0.05, 0) is 59.2 Å². The van der Waals surface area contributed by atoms with Gasteiger partial charge >= 0.3 is 0 Å². The van der Waals surface area contributed by atoms with Crippen molar-refractivity contribution in [3.8, 4) is 0 Å². The Bertz CT molecular complexity index is 383. The second-order valence-corrected chi connectivity index (χ2v) is 5.41. The molecular formula is C14H24N4. The number of nitrogens with one attached hydrogen (secondary N) is 1. The molecule has 1 saturated heterocycles. The van der Waals surface area contributed by atoms with Gasteiger partial charge in [0, 0.05) is 12.7 Å². The molecule has 1 aliphatic rings. The van der Waals surface area contributed by atoms with Crippen molar-refractivity contribution in [1.82, 2.24) is 14.9 Å². The molecule has 2 heterocycles. The molecule has 0 atom stereocenters. The zero-order valence-electron chi connectivity index (χ0n) is 11.7. The summed E-state index contributed by atoms with van der Waals surface area (Å²) in [4.78, 5) is 11.2. The van der Waals surface area contributed by atoms with Gasteiger partial charge in [-0.25, -0.2) is 4.98 Å². The summed E-state index contributed by atoms with van der Waals surface area (Å²) in [6.45, 7) is 7.48. The molecule has 0 saturated carbocycles. The molecule has 1 fully saturated rings. The minimum absolute atomic E-state index is 0.867. The molecule has 0 radical (unpaired) electrons. The zero-order valence-corrected chi connectivity index (χ0v) is 11.7. The molecule has 1 aromatic heterocycles. The number of anilines is 1. The van der Waals surface area contributed by atoms with Crippen LogP contribution in [-0.4, -0.2) is 41.5 Å². The highest BCUT2D eigenvalue weighted by Crippen LogP contribution is 2.19. The van der Waals surface area contributed by atoms with Gasteiger partial charge in [0.05, 0.1) is 11.4 Å². The van der Waals surface area contributed by atoms with E-state index in [2.05, 4.69) is 27.2 Å². The van der Waals surface area contributed by atoms with Crippen LogP contribution in [0.15, 0.2) is 6.20 Å². The maximum atomic E-state index is 4.49. The Morgan fingerprint density at radius 1 is 1.33 bits per heavy atom. The maximum Gasteiger partial charge on any atom is 0.147 e. The molecule has 18 heavy (non-hydrogen) atoms. The van der Waals surface area contributed by atoms with Gasteiger partial charge in [-0.15, -0.1) is 0 Å². The SMILES string of the molecule is Cc1cnc(C)c(NCCC2CCN(C)CC2)n1. The van der Waals surface area contributed by atoms with Crippen LogP contribution in [0.25, 0.3) is 0 Å². The fourth-order valence-electron chi connectivity index (χ4n) is 2.45. The summed E-state index contributed by atoms with van der Waals surface area (Å²) >= 11 is 0. The lowest BCUT2D eigenvalue weighted by molar-refractivity contribution is 0.215. The van der Waals surface area contributed by atoms with Crippen molar-refractivity contribution in [2.75, 3.05) is 32.0 Å². The van der Waals surface area contributed by atoms with Crippen molar-refractivity contribution in [3.63, 3.8) is 0 Å².